The number of rotatable bonds is 2. The third-order valence-electron chi connectivity index (χ3n) is 5.33. The molecule has 110 valence electrons. The van der Waals surface area contributed by atoms with Crippen LogP contribution >= 0.6 is 0 Å². The average Bonchev–Trinajstić information content (AvgIpc) is 2.37. The van der Waals surface area contributed by atoms with E-state index in [1.54, 1.807) is 0 Å². The fraction of sp³-hybridized carbons (Fsp3) is 0.933. The lowest BCUT2D eigenvalue weighted by Crippen LogP contribution is -2.53. The molecule has 3 N–H and O–H groups in total. The number of ether oxygens (including phenoxy) is 1. The summed E-state index contributed by atoms with van der Waals surface area (Å²) in [6.45, 7) is 8.02. The summed E-state index contributed by atoms with van der Waals surface area (Å²) in [6, 6.07) is 0.417. The number of carbonyl (C=O) groups excluding carboxylic acids is 1. The van der Waals surface area contributed by atoms with Crippen LogP contribution in [0.15, 0.2) is 0 Å². The first-order chi connectivity index (χ1) is 8.93. The lowest BCUT2D eigenvalue weighted by Gasteiger charge is -2.46. The van der Waals surface area contributed by atoms with Gasteiger partial charge in [0.05, 0.1) is 12.6 Å². The van der Waals surface area contributed by atoms with Crippen molar-refractivity contribution >= 4 is 5.91 Å². The van der Waals surface area contributed by atoms with Gasteiger partial charge in [0.2, 0.25) is 5.91 Å². The molecule has 4 nitrogen and oxygen atoms in total. The molecular weight excluding hydrogens is 240 g/mol. The van der Waals surface area contributed by atoms with E-state index in [1.165, 1.54) is 0 Å². The predicted molar refractivity (Wildman–Crippen MR) is 75.6 cm³/mol. The Labute approximate surface area is 116 Å². The van der Waals surface area contributed by atoms with E-state index in [9.17, 15) is 4.79 Å². The first kappa shape index (κ1) is 14.8. The summed E-state index contributed by atoms with van der Waals surface area (Å²) in [7, 11) is 0. The van der Waals surface area contributed by atoms with Crippen molar-refractivity contribution in [3.63, 3.8) is 0 Å². The minimum absolute atomic E-state index is 0.0305. The minimum atomic E-state index is -0.0305. The van der Waals surface area contributed by atoms with E-state index in [-0.39, 0.29) is 29.3 Å². The quantitative estimate of drug-likeness (QED) is 0.801. The molecule has 0 aromatic heterocycles. The highest BCUT2D eigenvalue weighted by atomic mass is 16.5. The molecule has 2 aliphatic rings. The second-order valence-electron chi connectivity index (χ2n) is 6.83. The predicted octanol–water partition coefficient (Wildman–Crippen LogP) is 1.68. The molecule has 4 unspecified atom stereocenters. The van der Waals surface area contributed by atoms with Gasteiger partial charge in [-0.25, -0.2) is 0 Å². The van der Waals surface area contributed by atoms with E-state index in [4.69, 9.17) is 10.5 Å². The summed E-state index contributed by atoms with van der Waals surface area (Å²) in [5.41, 5.74) is 6.12. The van der Waals surface area contributed by atoms with E-state index < -0.39 is 0 Å². The fourth-order valence-electron chi connectivity index (χ4n) is 3.48. The zero-order chi connectivity index (χ0) is 14.0. The molecule has 4 atom stereocenters. The van der Waals surface area contributed by atoms with Gasteiger partial charge in [0, 0.05) is 18.6 Å². The van der Waals surface area contributed by atoms with Gasteiger partial charge in [-0.1, -0.05) is 20.8 Å². The van der Waals surface area contributed by atoms with Crippen molar-refractivity contribution in [2.24, 2.45) is 23.0 Å². The van der Waals surface area contributed by atoms with E-state index in [1.807, 2.05) is 0 Å². The lowest BCUT2D eigenvalue weighted by molar-refractivity contribution is -0.134. The van der Waals surface area contributed by atoms with Crippen LogP contribution in [0.2, 0.25) is 0 Å². The van der Waals surface area contributed by atoms with Crippen molar-refractivity contribution in [2.75, 3.05) is 13.2 Å². The van der Waals surface area contributed by atoms with E-state index in [0.29, 0.717) is 12.5 Å². The van der Waals surface area contributed by atoms with Crippen LogP contribution in [0.1, 0.15) is 46.5 Å². The standard InChI is InChI=1S/C15H28N2O2/c1-10-13(16)7-6-12(15(10,2)3)14(18)17-11-5-4-8-19-9-11/h10-13H,4-9,16H2,1-3H3,(H,17,18). The molecule has 0 radical (unpaired) electrons. The zero-order valence-electron chi connectivity index (χ0n) is 12.4. The fourth-order valence-corrected chi connectivity index (χ4v) is 3.48. The van der Waals surface area contributed by atoms with Crippen molar-refractivity contribution in [3.05, 3.63) is 0 Å². The van der Waals surface area contributed by atoms with E-state index in [0.717, 1.165) is 32.3 Å². The number of nitrogens with one attached hydrogen (secondary N) is 1. The van der Waals surface area contributed by atoms with Gasteiger partial charge in [-0.15, -0.1) is 0 Å². The van der Waals surface area contributed by atoms with Gasteiger partial charge >= 0.3 is 0 Å². The van der Waals surface area contributed by atoms with E-state index in [2.05, 4.69) is 26.1 Å². The Bertz CT molecular complexity index is 324. The molecular formula is C15H28N2O2. The smallest absolute Gasteiger partial charge is 0.223 e. The molecule has 0 bridgehead atoms. The maximum absolute atomic E-state index is 12.5. The SMILES string of the molecule is CC1C(N)CCC(C(=O)NC2CCCOC2)C1(C)C. The second kappa shape index (κ2) is 5.80. The Morgan fingerprint density at radius 3 is 2.68 bits per heavy atom. The highest BCUT2D eigenvalue weighted by Gasteiger charge is 2.45. The number of carbonyl (C=O) groups is 1. The Morgan fingerprint density at radius 2 is 2.05 bits per heavy atom. The molecule has 1 amide bonds. The molecule has 1 aliphatic heterocycles. The van der Waals surface area contributed by atoms with Crippen molar-refractivity contribution in [1.82, 2.24) is 5.32 Å². The maximum atomic E-state index is 12.5. The first-order valence-electron chi connectivity index (χ1n) is 7.56. The van der Waals surface area contributed by atoms with Crippen molar-refractivity contribution in [3.8, 4) is 0 Å². The van der Waals surface area contributed by atoms with Crippen LogP contribution in [0, 0.1) is 17.3 Å². The summed E-state index contributed by atoms with van der Waals surface area (Å²) in [4.78, 5) is 12.5. The topological polar surface area (TPSA) is 64.4 Å². The van der Waals surface area contributed by atoms with Gasteiger partial charge in [-0.2, -0.15) is 0 Å². The summed E-state index contributed by atoms with van der Waals surface area (Å²) in [6.07, 6.45) is 3.93. The Hall–Kier alpha value is -0.610. The molecule has 4 heteroatoms. The first-order valence-corrected chi connectivity index (χ1v) is 7.56. The molecule has 1 saturated carbocycles. The van der Waals surface area contributed by atoms with Crippen LogP contribution < -0.4 is 11.1 Å². The number of hydrogen-bond acceptors (Lipinski definition) is 3. The van der Waals surface area contributed by atoms with Gasteiger partial charge in [0.15, 0.2) is 0 Å². The number of nitrogens with two attached hydrogens (primary N) is 1. The van der Waals surface area contributed by atoms with Gasteiger partial charge in [0.1, 0.15) is 0 Å². The maximum Gasteiger partial charge on any atom is 0.223 e. The Morgan fingerprint density at radius 1 is 1.32 bits per heavy atom. The minimum Gasteiger partial charge on any atom is -0.379 e. The lowest BCUT2D eigenvalue weighted by atomic mass is 9.61. The van der Waals surface area contributed by atoms with Crippen LogP contribution in [0.5, 0.6) is 0 Å². The molecule has 2 rings (SSSR count). The number of hydrogen-bond donors (Lipinski definition) is 2. The third kappa shape index (κ3) is 3.11. The van der Waals surface area contributed by atoms with Crippen LogP contribution in [0.4, 0.5) is 0 Å². The molecule has 1 saturated heterocycles. The molecule has 0 spiro atoms. The van der Waals surface area contributed by atoms with Crippen LogP contribution in [-0.4, -0.2) is 31.2 Å². The van der Waals surface area contributed by atoms with Crippen LogP contribution in [0.25, 0.3) is 0 Å². The molecule has 2 fully saturated rings. The summed E-state index contributed by atoms with van der Waals surface area (Å²) in [5, 5.41) is 3.17. The zero-order valence-corrected chi connectivity index (χ0v) is 12.4. The van der Waals surface area contributed by atoms with Crippen molar-refractivity contribution in [2.45, 2.75) is 58.5 Å². The summed E-state index contributed by atoms with van der Waals surface area (Å²) >= 11 is 0. The Kier molecular flexibility index (Phi) is 4.51. The van der Waals surface area contributed by atoms with Gasteiger partial charge in [-0.05, 0) is 37.0 Å². The van der Waals surface area contributed by atoms with Gasteiger partial charge < -0.3 is 15.8 Å². The van der Waals surface area contributed by atoms with Crippen LogP contribution in [-0.2, 0) is 9.53 Å². The number of amides is 1. The third-order valence-corrected chi connectivity index (χ3v) is 5.33. The molecule has 1 aliphatic carbocycles. The molecule has 0 aromatic carbocycles. The highest BCUT2D eigenvalue weighted by molar-refractivity contribution is 5.80. The Balaban J connectivity index is 1.97. The summed E-state index contributed by atoms with van der Waals surface area (Å²) in [5.74, 6) is 0.642. The molecule has 19 heavy (non-hydrogen) atoms. The van der Waals surface area contributed by atoms with Crippen LogP contribution in [0.3, 0.4) is 0 Å². The molecule has 0 aromatic rings. The molecule has 1 heterocycles. The van der Waals surface area contributed by atoms with Gasteiger partial charge in [-0.3, -0.25) is 4.79 Å². The monoisotopic (exact) mass is 268 g/mol. The summed E-state index contributed by atoms with van der Waals surface area (Å²) < 4.78 is 5.43. The van der Waals surface area contributed by atoms with Crippen molar-refractivity contribution < 1.29 is 9.53 Å². The van der Waals surface area contributed by atoms with Crippen molar-refractivity contribution in [1.29, 1.82) is 0 Å². The highest BCUT2D eigenvalue weighted by Crippen LogP contribution is 2.44. The van der Waals surface area contributed by atoms with Gasteiger partial charge in [0.25, 0.3) is 0 Å². The second-order valence-corrected chi connectivity index (χ2v) is 6.83. The largest absolute Gasteiger partial charge is 0.379 e. The average molecular weight is 268 g/mol. The van der Waals surface area contributed by atoms with E-state index >= 15 is 0 Å². The normalized spacial score (nSPS) is 38.7.